The molecule has 1 amide bonds. The van der Waals surface area contributed by atoms with Crippen molar-refractivity contribution in [3.05, 3.63) is 71.6 Å². The van der Waals surface area contributed by atoms with Crippen molar-refractivity contribution in [2.45, 2.75) is 51.4 Å². The van der Waals surface area contributed by atoms with Crippen LogP contribution in [0, 0.1) is 0 Å². The second-order valence-electron chi connectivity index (χ2n) is 10.9. The quantitative estimate of drug-likeness (QED) is 0.513. The molecule has 9 heteroatoms. The highest BCUT2D eigenvalue weighted by molar-refractivity contribution is 5.97. The van der Waals surface area contributed by atoms with Crippen LogP contribution in [-0.2, 0) is 15.1 Å². The first-order valence-corrected chi connectivity index (χ1v) is 13.4. The second kappa shape index (κ2) is 9.98. The summed E-state index contributed by atoms with van der Waals surface area (Å²) in [5.41, 5.74) is 6.53. The van der Waals surface area contributed by atoms with Crippen LogP contribution in [0.2, 0.25) is 0 Å². The van der Waals surface area contributed by atoms with E-state index in [1.54, 1.807) is 12.2 Å². The van der Waals surface area contributed by atoms with Gasteiger partial charge in [-0.05, 0) is 51.5 Å². The van der Waals surface area contributed by atoms with Gasteiger partial charge in [0.1, 0.15) is 29.9 Å². The van der Waals surface area contributed by atoms with E-state index in [2.05, 4.69) is 23.0 Å². The van der Waals surface area contributed by atoms with Gasteiger partial charge in [-0.1, -0.05) is 0 Å². The fraction of sp³-hybridized carbons (Fsp3) is 0.400. The van der Waals surface area contributed by atoms with E-state index in [1.165, 1.54) is 0 Å². The number of likely N-dealkylation sites (tertiary alicyclic amines) is 1. The monoisotopic (exact) mass is 529 g/mol. The molecule has 39 heavy (non-hydrogen) atoms. The minimum atomic E-state index is -0.715. The molecular weight excluding hydrogens is 497 g/mol. The van der Waals surface area contributed by atoms with Crippen molar-refractivity contribution < 1.29 is 18.7 Å². The Hall–Kier alpha value is -3.94. The summed E-state index contributed by atoms with van der Waals surface area (Å²) in [4.78, 5) is 25.8. The summed E-state index contributed by atoms with van der Waals surface area (Å²) in [5.74, 6) is 1.96. The molecule has 0 bridgehead atoms. The number of carbonyl (C=O) groups excluding carboxylic acids is 1. The summed E-state index contributed by atoms with van der Waals surface area (Å²) in [6, 6.07) is 6.07. The number of hydrogen-bond donors (Lipinski definition) is 1. The Morgan fingerprint density at radius 2 is 2.13 bits per heavy atom. The predicted octanol–water partition coefficient (Wildman–Crippen LogP) is 4.86. The summed E-state index contributed by atoms with van der Waals surface area (Å²) in [7, 11) is 0. The minimum Gasteiger partial charge on any atom is -0.492 e. The third kappa shape index (κ3) is 5.07. The van der Waals surface area contributed by atoms with Gasteiger partial charge in [-0.15, -0.1) is 5.73 Å². The standard InChI is InChI=1S/C30H32FN5O3/c1-19-8-11-27(37)36(19)22-9-10-24-25-16-32-29(34-28(25)30(2,3)39-26(24)15-22)33-21-6-4-5-7-23(14-21)38-13-12-35-17-20(31)18-35/h5-7,9-10,14-16,19-20H,8,11-13,17-18H2,1-3H3,(H,32,33,34)/t19-/m1/s1. The zero-order valence-electron chi connectivity index (χ0n) is 22.4. The molecule has 2 saturated heterocycles. The van der Waals surface area contributed by atoms with E-state index in [-0.39, 0.29) is 11.9 Å². The molecule has 0 radical (unpaired) electrons. The van der Waals surface area contributed by atoms with Crippen molar-refractivity contribution in [3.8, 4) is 16.9 Å². The lowest BCUT2D eigenvalue weighted by molar-refractivity contribution is -0.117. The zero-order chi connectivity index (χ0) is 27.1. The third-order valence-electron chi connectivity index (χ3n) is 7.47. The molecule has 2 aromatic rings. The number of ether oxygens (including phenoxy) is 2. The van der Waals surface area contributed by atoms with Gasteiger partial charge in [0, 0.05) is 73.3 Å². The van der Waals surface area contributed by atoms with Crippen LogP contribution in [0.5, 0.6) is 5.75 Å². The number of fused-ring (bicyclic) bond motifs is 3. The Morgan fingerprint density at radius 1 is 1.28 bits per heavy atom. The SMILES string of the molecule is C[C@@H]1CCC(=O)N1c1ccc2c(c1)OC(C)(C)c1nc(NC3=CC(OCCN4CC(F)C4)=CC=C=C3)ncc1-2. The number of amides is 1. The normalized spacial score (nSPS) is 21.8. The zero-order valence-corrected chi connectivity index (χ0v) is 22.4. The number of halogens is 1. The molecule has 0 spiro atoms. The average Bonchev–Trinajstić information content (AvgIpc) is 3.06. The van der Waals surface area contributed by atoms with Crippen molar-refractivity contribution in [3.63, 3.8) is 0 Å². The molecule has 6 rings (SSSR count). The van der Waals surface area contributed by atoms with E-state index < -0.39 is 11.8 Å². The summed E-state index contributed by atoms with van der Waals surface area (Å²) in [5, 5.41) is 3.27. The molecule has 4 aliphatic rings. The largest absolute Gasteiger partial charge is 0.492 e. The fourth-order valence-electron chi connectivity index (χ4n) is 5.40. The molecular formula is C30H32FN5O3. The lowest BCUT2D eigenvalue weighted by Gasteiger charge is -2.34. The van der Waals surface area contributed by atoms with E-state index >= 15 is 0 Å². The lowest BCUT2D eigenvalue weighted by Crippen LogP contribution is -2.49. The van der Waals surface area contributed by atoms with E-state index in [0.29, 0.717) is 50.1 Å². The maximum atomic E-state index is 13.0. The Labute approximate surface area is 227 Å². The van der Waals surface area contributed by atoms with Gasteiger partial charge in [-0.3, -0.25) is 9.69 Å². The van der Waals surface area contributed by atoms with Gasteiger partial charge in [-0.25, -0.2) is 14.4 Å². The van der Waals surface area contributed by atoms with Gasteiger partial charge < -0.3 is 19.7 Å². The Morgan fingerprint density at radius 3 is 2.90 bits per heavy atom. The van der Waals surface area contributed by atoms with E-state index in [1.807, 2.05) is 60.2 Å². The van der Waals surface area contributed by atoms with Gasteiger partial charge in [0.15, 0.2) is 0 Å². The van der Waals surface area contributed by atoms with Crippen molar-refractivity contribution in [2.24, 2.45) is 0 Å². The summed E-state index contributed by atoms with van der Waals surface area (Å²) < 4.78 is 25.4. The van der Waals surface area contributed by atoms with Crippen LogP contribution < -0.4 is 15.0 Å². The summed E-state index contributed by atoms with van der Waals surface area (Å²) in [6.45, 7) is 8.15. The molecule has 1 N–H and O–H groups in total. The number of nitrogens with one attached hydrogen (secondary N) is 1. The maximum Gasteiger partial charge on any atom is 0.227 e. The number of anilines is 2. The molecule has 1 aliphatic carbocycles. The molecule has 202 valence electrons. The highest BCUT2D eigenvalue weighted by atomic mass is 19.1. The minimum absolute atomic E-state index is 0.142. The van der Waals surface area contributed by atoms with Crippen molar-refractivity contribution >= 4 is 17.5 Å². The van der Waals surface area contributed by atoms with Crippen LogP contribution in [0.1, 0.15) is 39.3 Å². The summed E-state index contributed by atoms with van der Waals surface area (Å²) in [6.07, 6.45) is 9.82. The number of aromatic nitrogens is 2. The highest BCUT2D eigenvalue weighted by Gasteiger charge is 2.36. The topological polar surface area (TPSA) is 79.8 Å². The van der Waals surface area contributed by atoms with Gasteiger partial charge in [0.2, 0.25) is 11.9 Å². The van der Waals surface area contributed by atoms with Crippen molar-refractivity contribution in [1.29, 1.82) is 0 Å². The second-order valence-corrected chi connectivity index (χ2v) is 10.9. The molecule has 0 unspecified atom stereocenters. The molecule has 2 fully saturated rings. The van der Waals surface area contributed by atoms with Crippen LogP contribution in [0.25, 0.3) is 11.1 Å². The maximum absolute atomic E-state index is 13.0. The van der Waals surface area contributed by atoms with Gasteiger partial charge in [0.05, 0.1) is 11.4 Å². The van der Waals surface area contributed by atoms with Crippen LogP contribution in [0.4, 0.5) is 16.0 Å². The number of benzene rings is 1. The molecule has 1 aromatic heterocycles. The molecule has 8 nitrogen and oxygen atoms in total. The molecule has 0 saturated carbocycles. The number of carbonyl (C=O) groups is 1. The number of nitrogens with zero attached hydrogens (tertiary/aromatic N) is 4. The highest BCUT2D eigenvalue weighted by Crippen LogP contribution is 2.46. The number of allylic oxidation sites excluding steroid dienone is 3. The van der Waals surface area contributed by atoms with Gasteiger partial charge in [-0.2, -0.15) is 0 Å². The molecule has 4 heterocycles. The smallest absolute Gasteiger partial charge is 0.227 e. The number of alkyl halides is 1. The van der Waals surface area contributed by atoms with Crippen LogP contribution in [-0.4, -0.2) is 59.2 Å². The molecule has 1 aromatic carbocycles. The van der Waals surface area contributed by atoms with Crippen LogP contribution >= 0.6 is 0 Å². The first-order valence-electron chi connectivity index (χ1n) is 13.4. The van der Waals surface area contributed by atoms with Crippen molar-refractivity contribution in [1.82, 2.24) is 14.9 Å². The van der Waals surface area contributed by atoms with E-state index in [0.717, 1.165) is 34.6 Å². The fourth-order valence-corrected chi connectivity index (χ4v) is 5.40. The first kappa shape index (κ1) is 25.3. The Bertz CT molecular complexity index is 1440. The van der Waals surface area contributed by atoms with E-state index in [4.69, 9.17) is 14.5 Å². The van der Waals surface area contributed by atoms with Crippen LogP contribution in [0.3, 0.4) is 0 Å². The predicted molar refractivity (Wildman–Crippen MR) is 147 cm³/mol. The van der Waals surface area contributed by atoms with Crippen molar-refractivity contribution in [2.75, 3.05) is 36.5 Å². The molecule has 1 atom stereocenters. The number of hydrogen-bond acceptors (Lipinski definition) is 7. The Kier molecular flexibility index (Phi) is 6.49. The lowest BCUT2D eigenvalue weighted by atomic mass is 9.91. The third-order valence-corrected chi connectivity index (χ3v) is 7.47. The summed E-state index contributed by atoms with van der Waals surface area (Å²) >= 11 is 0. The van der Waals surface area contributed by atoms with E-state index in [9.17, 15) is 9.18 Å². The average molecular weight is 530 g/mol. The number of rotatable bonds is 7. The Balaban J connectivity index is 1.21. The van der Waals surface area contributed by atoms with Gasteiger partial charge in [0.25, 0.3) is 0 Å². The molecule has 3 aliphatic heterocycles. The van der Waals surface area contributed by atoms with Gasteiger partial charge >= 0.3 is 0 Å². The van der Waals surface area contributed by atoms with Crippen LogP contribution in [0.15, 0.2) is 65.9 Å². The first-order chi connectivity index (χ1) is 18.8.